The fourth-order valence-electron chi connectivity index (χ4n) is 2.53. The molecule has 1 aliphatic heterocycles. The molecular formula is C14H20N2O2. The fourth-order valence-corrected chi connectivity index (χ4v) is 2.53. The fraction of sp³-hybridized carbons (Fsp3) is 0.571. The zero-order chi connectivity index (χ0) is 13.0. The van der Waals surface area contributed by atoms with Crippen molar-refractivity contribution in [1.29, 1.82) is 0 Å². The van der Waals surface area contributed by atoms with Gasteiger partial charge < -0.3 is 9.64 Å². The Morgan fingerprint density at radius 3 is 2.78 bits per heavy atom. The molecule has 0 spiro atoms. The van der Waals surface area contributed by atoms with Gasteiger partial charge in [-0.25, -0.2) is 0 Å². The molecule has 0 saturated carbocycles. The van der Waals surface area contributed by atoms with Gasteiger partial charge >= 0.3 is 5.97 Å². The molecule has 4 nitrogen and oxygen atoms in total. The third-order valence-corrected chi connectivity index (χ3v) is 3.72. The van der Waals surface area contributed by atoms with Crippen molar-refractivity contribution in [3.8, 4) is 0 Å². The molecule has 18 heavy (non-hydrogen) atoms. The van der Waals surface area contributed by atoms with Gasteiger partial charge in [0.2, 0.25) is 0 Å². The minimum absolute atomic E-state index is 0.105. The number of carbonyl (C=O) groups excluding carboxylic acids is 1. The molecule has 1 aromatic rings. The Labute approximate surface area is 108 Å². The van der Waals surface area contributed by atoms with Crippen molar-refractivity contribution in [1.82, 2.24) is 9.88 Å². The molecule has 2 heterocycles. The average molecular weight is 248 g/mol. The summed E-state index contributed by atoms with van der Waals surface area (Å²) in [4.78, 5) is 18.7. The number of hydrogen-bond donors (Lipinski definition) is 0. The normalized spacial score (nSPS) is 19.4. The Morgan fingerprint density at radius 2 is 2.22 bits per heavy atom. The summed E-state index contributed by atoms with van der Waals surface area (Å²) in [7, 11) is 2.08. The first-order chi connectivity index (χ1) is 8.69. The topological polar surface area (TPSA) is 42.4 Å². The molecule has 0 amide bonds. The van der Waals surface area contributed by atoms with Crippen LogP contribution in [0.5, 0.6) is 0 Å². The van der Waals surface area contributed by atoms with Crippen LogP contribution in [0.25, 0.3) is 0 Å². The molecule has 0 unspecified atom stereocenters. The van der Waals surface area contributed by atoms with Gasteiger partial charge in [0.1, 0.15) is 0 Å². The van der Waals surface area contributed by atoms with Crippen molar-refractivity contribution >= 4 is 5.97 Å². The summed E-state index contributed by atoms with van der Waals surface area (Å²) < 4.78 is 5.29. The van der Waals surface area contributed by atoms with Gasteiger partial charge in [-0.05, 0) is 51.5 Å². The van der Waals surface area contributed by atoms with Gasteiger partial charge in [-0.2, -0.15) is 0 Å². The monoisotopic (exact) mass is 248 g/mol. The quantitative estimate of drug-likeness (QED) is 0.762. The highest BCUT2D eigenvalue weighted by atomic mass is 16.5. The molecular weight excluding hydrogens is 228 g/mol. The molecule has 1 saturated heterocycles. The van der Waals surface area contributed by atoms with Gasteiger partial charge in [0.05, 0.1) is 12.0 Å². The maximum absolute atomic E-state index is 12.4. The lowest BCUT2D eigenvalue weighted by Gasteiger charge is -2.38. The van der Waals surface area contributed by atoms with Crippen molar-refractivity contribution < 1.29 is 9.53 Å². The summed E-state index contributed by atoms with van der Waals surface area (Å²) >= 11 is 0. The average Bonchev–Trinajstić information content (AvgIpc) is 2.41. The van der Waals surface area contributed by atoms with E-state index in [9.17, 15) is 4.79 Å². The largest absolute Gasteiger partial charge is 0.465 e. The molecule has 1 fully saturated rings. The molecule has 4 heteroatoms. The molecule has 98 valence electrons. The number of aromatic nitrogens is 1. The number of hydrogen-bond acceptors (Lipinski definition) is 4. The Hall–Kier alpha value is -1.42. The maximum Gasteiger partial charge on any atom is 0.316 e. The molecule has 1 aliphatic rings. The maximum atomic E-state index is 12.4. The zero-order valence-electron chi connectivity index (χ0n) is 11.1. The van der Waals surface area contributed by atoms with E-state index in [1.54, 1.807) is 12.4 Å². The smallest absolute Gasteiger partial charge is 0.316 e. The van der Waals surface area contributed by atoms with Crippen LogP contribution in [0.3, 0.4) is 0 Å². The first-order valence-electron chi connectivity index (χ1n) is 6.45. The molecule has 2 rings (SSSR count). The highest BCUT2D eigenvalue weighted by Crippen LogP contribution is 2.36. The molecule has 0 N–H and O–H groups in total. The Bertz CT molecular complexity index is 398. The van der Waals surface area contributed by atoms with Crippen LogP contribution < -0.4 is 0 Å². The predicted molar refractivity (Wildman–Crippen MR) is 69.3 cm³/mol. The van der Waals surface area contributed by atoms with Gasteiger partial charge in [-0.15, -0.1) is 0 Å². The first kappa shape index (κ1) is 13.0. The second kappa shape index (κ2) is 5.48. The number of pyridine rings is 1. The lowest BCUT2D eigenvalue weighted by Crippen LogP contribution is -2.47. The van der Waals surface area contributed by atoms with E-state index in [1.807, 2.05) is 19.1 Å². The summed E-state index contributed by atoms with van der Waals surface area (Å²) in [6.45, 7) is 4.10. The molecule has 0 radical (unpaired) electrons. The van der Waals surface area contributed by atoms with E-state index in [2.05, 4.69) is 16.9 Å². The Morgan fingerprint density at radius 1 is 1.50 bits per heavy atom. The lowest BCUT2D eigenvalue weighted by molar-refractivity contribution is -0.152. The third kappa shape index (κ3) is 2.38. The van der Waals surface area contributed by atoms with Crippen LogP contribution in [0.15, 0.2) is 24.5 Å². The highest BCUT2D eigenvalue weighted by molar-refractivity contribution is 5.83. The van der Waals surface area contributed by atoms with Crippen LogP contribution in [-0.4, -0.2) is 42.6 Å². The third-order valence-electron chi connectivity index (χ3n) is 3.72. The van der Waals surface area contributed by atoms with Crippen LogP contribution in [0, 0.1) is 0 Å². The van der Waals surface area contributed by atoms with Crippen molar-refractivity contribution in [2.24, 2.45) is 0 Å². The predicted octanol–water partition coefficient (Wildman–Crippen LogP) is 1.61. The summed E-state index contributed by atoms with van der Waals surface area (Å²) in [5.41, 5.74) is 0.480. The molecule has 0 atom stereocenters. The van der Waals surface area contributed by atoms with E-state index in [0.717, 1.165) is 31.5 Å². The Kier molecular flexibility index (Phi) is 3.97. The summed E-state index contributed by atoms with van der Waals surface area (Å²) in [6, 6.07) is 3.86. The second-order valence-corrected chi connectivity index (χ2v) is 4.85. The highest BCUT2D eigenvalue weighted by Gasteiger charge is 2.43. The lowest BCUT2D eigenvalue weighted by atomic mass is 9.73. The van der Waals surface area contributed by atoms with Crippen molar-refractivity contribution in [2.75, 3.05) is 26.7 Å². The number of rotatable bonds is 3. The van der Waals surface area contributed by atoms with Crippen molar-refractivity contribution in [3.05, 3.63) is 30.1 Å². The minimum Gasteiger partial charge on any atom is -0.465 e. The summed E-state index contributed by atoms with van der Waals surface area (Å²) in [5.74, 6) is -0.105. The van der Waals surface area contributed by atoms with E-state index in [0.29, 0.717) is 6.61 Å². The minimum atomic E-state index is -0.503. The number of likely N-dealkylation sites (tertiary alicyclic amines) is 1. The van der Waals surface area contributed by atoms with Gasteiger partial charge in [0, 0.05) is 12.4 Å². The van der Waals surface area contributed by atoms with E-state index in [-0.39, 0.29) is 5.97 Å². The van der Waals surface area contributed by atoms with Crippen LogP contribution in [0.4, 0.5) is 0 Å². The van der Waals surface area contributed by atoms with Gasteiger partial charge in [-0.3, -0.25) is 9.78 Å². The number of carbonyl (C=O) groups is 1. The van der Waals surface area contributed by atoms with E-state index >= 15 is 0 Å². The van der Waals surface area contributed by atoms with Crippen LogP contribution >= 0.6 is 0 Å². The van der Waals surface area contributed by atoms with Crippen LogP contribution in [-0.2, 0) is 14.9 Å². The standard InChI is InChI=1S/C14H20N2O2/c1-3-18-13(17)14(6-9-16(2)10-7-14)12-5-4-8-15-11-12/h4-5,8,11H,3,6-7,9-10H2,1-2H3. The SMILES string of the molecule is CCOC(=O)C1(c2cccnc2)CCN(C)CC1. The van der Waals surface area contributed by atoms with E-state index in [1.165, 1.54) is 0 Å². The zero-order valence-corrected chi connectivity index (χ0v) is 11.1. The molecule has 0 aliphatic carbocycles. The number of esters is 1. The van der Waals surface area contributed by atoms with Gasteiger partial charge in [-0.1, -0.05) is 6.07 Å². The molecule has 1 aromatic heterocycles. The van der Waals surface area contributed by atoms with Gasteiger partial charge in [0.25, 0.3) is 0 Å². The first-order valence-corrected chi connectivity index (χ1v) is 6.45. The molecule has 0 bridgehead atoms. The van der Waals surface area contributed by atoms with Crippen molar-refractivity contribution in [2.45, 2.75) is 25.2 Å². The Balaban J connectivity index is 2.31. The van der Waals surface area contributed by atoms with E-state index < -0.39 is 5.41 Å². The number of ether oxygens (including phenoxy) is 1. The van der Waals surface area contributed by atoms with Crippen molar-refractivity contribution in [3.63, 3.8) is 0 Å². The summed E-state index contributed by atoms with van der Waals surface area (Å²) in [5, 5.41) is 0. The number of nitrogens with zero attached hydrogens (tertiary/aromatic N) is 2. The van der Waals surface area contributed by atoms with E-state index in [4.69, 9.17) is 4.74 Å². The van der Waals surface area contributed by atoms with Crippen LogP contribution in [0.2, 0.25) is 0 Å². The van der Waals surface area contributed by atoms with Crippen LogP contribution in [0.1, 0.15) is 25.3 Å². The molecule has 0 aromatic carbocycles. The number of piperidine rings is 1. The second-order valence-electron chi connectivity index (χ2n) is 4.85. The van der Waals surface area contributed by atoms with Gasteiger partial charge in [0.15, 0.2) is 0 Å². The summed E-state index contributed by atoms with van der Waals surface area (Å²) in [6.07, 6.45) is 5.13.